The third-order valence-electron chi connectivity index (χ3n) is 2.24. The van der Waals surface area contributed by atoms with E-state index >= 15 is 0 Å². The lowest BCUT2D eigenvalue weighted by Crippen LogP contribution is -2.20. The van der Waals surface area contributed by atoms with Crippen molar-refractivity contribution in [2.75, 3.05) is 26.7 Å². The number of nitrogens with one attached hydrogen (secondary N) is 2. The van der Waals surface area contributed by atoms with Crippen LogP contribution in [0, 0.1) is 0 Å². The molecule has 0 spiro atoms. The van der Waals surface area contributed by atoms with Crippen molar-refractivity contribution in [2.24, 2.45) is 0 Å². The van der Waals surface area contributed by atoms with Crippen molar-refractivity contribution in [2.45, 2.75) is 45.4 Å². The summed E-state index contributed by atoms with van der Waals surface area (Å²) in [5, 5.41) is 6.60. The van der Waals surface area contributed by atoms with E-state index in [0.29, 0.717) is 0 Å². The molecule has 0 amide bonds. The number of hydrogen-bond donors (Lipinski definition) is 2. The van der Waals surface area contributed by atoms with Gasteiger partial charge < -0.3 is 10.6 Å². The van der Waals surface area contributed by atoms with Gasteiger partial charge in [0.25, 0.3) is 0 Å². The summed E-state index contributed by atoms with van der Waals surface area (Å²) < 4.78 is 0. The summed E-state index contributed by atoms with van der Waals surface area (Å²) in [4.78, 5) is 0. The first kappa shape index (κ1) is 12.9. The van der Waals surface area contributed by atoms with Gasteiger partial charge >= 0.3 is 0 Å². The number of unbranched alkanes of at least 4 members (excludes halogenated alkanes) is 4. The Kier molecular flexibility index (Phi) is 11.8. The second-order valence-electron chi connectivity index (χ2n) is 3.62. The third kappa shape index (κ3) is 11.9. The first-order valence-corrected chi connectivity index (χ1v) is 5.77. The van der Waals surface area contributed by atoms with Crippen molar-refractivity contribution in [1.29, 1.82) is 0 Å². The Labute approximate surface area is 83.5 Å². The molecule has 2 nitrogen and oxygen atoms in total. The molecule has 0 aliphatic carbocycles. The minimum atomic E-state index is 1.13. The van der Waals surface area contributed by atoms with Gasteiger partial charge in [0.1, 0.15) is 0 Å². The highest BCUT2D eigenvalue weighted by molar-refractivity contribution is 4.50. The minimum Gasteiger partial charge on any atom is -0.320 e. The molecule has 0 aromatic carbocycles. The van der Waals surface area contributed by atoms with Gasteiger partial charge in [-0.05, 0) is 39.5 Å². The summed E-state index contributed by atoms with van der Waals surface area (Å²) in [5.41, 5.74) is 0. The quantitative estimate of drug-likeness (QED) is 0.511. The summed E-state index contributed by atoms with van der Waals surface area (Å²) >= 11 is 0. The van der Waals surface area contributed by atoms with Gasteiger partial charge in [0.15, 0.2) is 0 Å². The average Bonchev–Trinajstić information content (AvgIpc) is 2.16. The van der Waals surface area contributed by atoms with Crippen molar-refractivity contribution in [1.82, 2.24) is 10.6 Å². The summed E-state index contributed by atoms with van der Waals surface area (Å²) in [5.74, 6) is 0. The lowest BCUT2D eigenvalue weighted by molar-refractivity contribution is 0.568. The van der Waals surface area contributed by atoms with Crippen LogP contribution in [0.3, 0.4) is 0 Å². The highest BCUT2D eigenvalue weighted by Crippen LogP contribution is 2.00. The van der Waals surface area contributed by atoms with Crippen LogP contribution in [0.4, 0.5) is 0 Å². The molecule has 0 aliphatic rings. The Morgan fingerprint density at radius 1 is 0.769 bits per heavy atom. The molecule has 0 fully saturated rings. The highest BCUT2D eigenvalue weighted by atomic mass is 14.9. The van der Waals surface area contributed by atoms with Crippen LogP contribution < -0.4 is 10.6 Å². The molecule has 0 unspecified atom stereocenters. The first-order valence-electron chi connectivity index (χ1n) is 5.77. The molecule has 0 bridgehead atoms. The monoisotopic (exact) mass is 186 g/mol. The molecule has 0 radical (unpaired) electrons. The zero-order chi connectivity index (χ0) is 9.78. The second kappa shape index (κ2) is 11.9. The van der Waals surface area contributed by atoms with Crippen molar-refractivity contribution < 1.29 is 0 Å². The molecule has 0 heterocycles. The predicted octanol–water partition coefficient (Wildman–Crippen LogP) is 2.16. The van der Waals surface area contributed by atoms with Gasteiger partial charge in [0.05, 0.1) is 0 Å². The zero-order valence-electron chi connectivity index (χ0n) is 9.36. The van der Waals surface area contributed by atoms with Crippen molar-refractivity contribution in [3.05, 3.63) is 0 Å². The Balaban J connectivity index is 2.76. The molecule has 0 saturated heterocycles. The van der Waals surface area contributed by atoms with Crippen LogP contribution in [0.1, 0.15) is 45.4 Å². The molecule has 0 aromatic heterocycles. The molecule has 2 heteroatoms. The Morgan fingerprint density at radius 2 is 1.46 bits per heavy atom. The fourth-order valence-electron chi connectivity index (χ4n) is 1.37. The Hall–Kier alpha value is -0.0800. The van der Waals surface area contributed by atoms with Gasteiger partial charge in [-0.3, -0.25) is 0 Å². The maximum Gasteiger partial charge on any atom is -0.00368 e. The molecular weight excluding hydrogens is 160 g/mol. The van der Waals surface area contributed by atoms with E-state index in [1.165, 1.54) is 45.1 Å². The molecular formula is C11H26N2. The van der Waals surface area contributed by atoms with E-state index in [9.17, 15) is 0 Å². The summed E-state index contributed by atoms with van der Waals surface area (Å²) in [6.07, 6.45) is 8.14. The summed E-state index contributed by atoms with van der Waals surface area (Å²) in [6.45, 7) is 5.75. The molecule has 0 saturated carbocycles. The molecule has 13 heavy (non-hydrogen) atoms. The van der Waals surface area contributed by atoms with Crippen molar-refractivity contribution >= 4 is 0 Å². The van der Waals surface area contributed by atoms with Crippen LogP contribution in [0.2, 0.25) is 0 Å². The average molecular weight is 186 g/mol. The first-order chi connectivity index (χ1) is 6.41. The molecule has 80 valence electrons. The standard InChI is InChI=1S/C11H26N2/c1-3-4-5-6-7-10-13-11-8-9-12-2/h12-13H,3-11H2,1-2H3. The fraction of sp³-hybridized carbons (Fsp3) is 1.00. The lowest BCUT2D eigenvalue weighted by atomic mass is 10.1. The summed E-state index contributed by atoms with van der Waals surface area (Å²) in [7, 11) is 2.00. The van der Waals surface area contributed by atoms with Crippen LogP contribution >= 0.6 is 0 Å². The van der Waals surface area contributed by atoms with Crippen LogP contribution in [-0.4, -0.2) is 26.7 Å². The second-order valence-corrected chi connectivity index (χ2v) is 3.62. The van der Waals surface area contributed by atoms with Gasteiger partial charge in [0.2, 0.25) is 0 Å². The van der Waals surface area contributed by atoms with Gasteiger partial charge in [-0.15, -0.1) is 0 Å². The molecule has 0 aromatic rings. The van der Waals surface area contributed by atoms with Crippen LogP contribution in [0.15, 0.2) is 0 Å². The van der Waals surface area contributed by atoms with E-state index in [0.717, 1.165) is 13.1 Å². The third-order valence-corrected chi connectivity index (χ3v) is 2.24. The largest absolute Gasteiger partial charge is 0.320 e. The predicted molar refractivity (Wildman–Crippen MR) is 60.2 cm³/mol. The summed E-state index contributed by atoms with van der Waals surface area (Å²) in [6, 6.07) is 0. The van der Waals surface area contributed by atoms with E-state index < -0.39 is 0 Å². The lowest BCUT2D eigenvalue weighted by Gasteiger charge is -2.03. The fourth-order valence-corrected chi connectivity index (χ4v) is 1.37. The highest BCUT2D eigenvalue weighted by Gasteiger charge is 1.89. The maximum absolute atomic E-state index is 3.46. The van der Waals surface area contributed by atoms with Crippen molar-refractivity contribution in [3.63, 3.8) is 0 Å². The van der Waals surface area contributed by atoms with Crippen molar-refractivity contribution in [3.8, 4) is 0 Å². The van der Waals surface area contributed by atoms with E-state index in [1.807, 2.05) is 7.05 Å². The maximum atomic E-state index is 3.46. The Morgan fingerprint density at radius 3 is 2.15 bits per heavy atom. The van der Waals surface area contributed by atoms with Gasteiger partial charge in [-0.25, -0.2) is 0 Å². The molecule has 2 N–H and O–H groups in total. The molecule has 0 atom stereocenters. The van der Waals surface area contributed by atoms with Gasteiger partial charge in [-0.1, -0.05) is 32.6 Å². The Bertz CT molecular complexity index is 74.2. The molecule has 0 aliphatic heterocycles. The van der Waals surface area contributed by atoms with Gasteiger partial charge in [-0.2, -0.15) is 0 Å². The number of hydrogen-bond acceptors (Lipinski definition) is 2. The van der Waals surface area contributed by atoms with Crippen LogP contribution in [0.25, 0.3) is 0 Å². The van der Waals surface area contributed by atoms with E-state index in [4.69, 9.17) is 0 Å². The zero-order valence-corrected chi connectivity index (χ0v) is 9.36. The van der Waals surface area contributed by atoms with Crippen LogP contribution in [-0.2, 0) is 0 Å². The molecule has 0 rings (SSSR count). The minimum absolute atomic E-state index is 1.13. The van der Waals surface area contributed by atoms with E-state index in [1.54, 1.807) is 0 Å². The van der Waals surface area contributed by atoms with E-state index in [-0.39, 0.29) is 0 Å². The number of rotatable bonds is 10. The van der Waals surface area contributed by atoms with Crippen LogP contribution in [0.5, 0.6) is 0 Å². The normalized spacial score (nSPS) is 10.6. The van der Waals surface area contributed by atoms with E-state index in [2.05, 4.69) is 17.6 Å². The smallest absolute Gasteiger partial charge is 0.00368 e. The SMILES string of the molecule is CCCCCCCNCCCNC. The van der Waals surface area contributed by atoms with Gasteiger partial charge in [0, 0.05) is 0 Å². The topological polar surface area (TPSA) is 24.1 Å².